The lowest BCUT2D eigenvalue weighted by atomic mass is 10.1. The second-order valence-corrected chi connectivity index (χ2v) is 6.29. The quantitative estimate of drug-likeness (QED) is 0.414. The number of carbonyl (C=O) groups excluding carboxylic acids is 3. The number of hydrogen-bond acceptors (Lipinski definition) is 6. The fourth-order valence-corrected chi connectivity index (χ4v) is 2.79. The third-order valence-corrected chi connectivity index (χ3v) is 4.13. The Kier molecular flexibility index (Phi) is 8.41. The predicted octanol–water partition coefficient (Wildman–Crippen LogP) is 1.61. The van der Waals surface area contributed by atoms with Gasteiger partial charge < -0.3 is 19.4 Å². The second kappa shape index (κ2) is 10.3. The highest BCUT2D eigenvalue weighted by molar-refractivity contribution is 6.01. The van der Waals surface area contributed by atoms with E-state index in [1.165, 1.54) is 20.0 Å². The van der Waals surface area contributed by atoms with Crippen molar-refractivity contribution in [3.63, 3.8) is 0 Å². The van der Waals surface area contributed by atoms with E-state index in [1.807, 2.05) is 32.2 Å². The van der Waals surface area contributed by atoms with Gasteiger partial charge in [-0.25, -0.2) is 9.59 Å². The van der Waals surface area contributed by atoms with Crippen LogP contribution in [0.5, 0.6) is 0 Å². The summed E-state index contributed by atoms with van der Waals surface area (Å²) in [4.78, 5) is 35.2. The lowest BCUT2D eigenvalue weighted by Gasteiger charge is -2.17. The van der Waals surface area contributed by atoms with Crippen molar-refractivity contribution in [3.8, 4) is 6.07 Å². The van der Waals surface area contributed by atoms with Crippen molar-refractivity contribution in [2.75, 3.05) is 20.8 Å². The van der Waals surface area contributed by atoms with E-state index in [2.05, 4.69) is 9.88 Å². The molecule has 1 rings (SSSR count). The Morgan fingerprint density at radius 2 is 1.96 bits per heavy atom. The van der Waals surface area contributed by atoms with Crippen molar-refractivity contribution >= 4 is 24.0 Å². The number of ether oxygens (including phenoxy) is 2. The maximum Gasteiger partial charge on any atom is 0.349 e. The fourth-order valence-electron chi connectivity index (χ4n) is 2.79. The number of nitrogens with one attached hydrogen (secondary N) is 2. The van der Waals surface area contributed by atoms with Gasteiger partial charge in [-0.3, -0.25) is 10.1 Å². The number of hydrogen-bond donors (Lipinski definition) is 2. The molecule has 0 aromatic carbocycles. The van der Waals surface area contributed by atoms with Crippen LogP contribution in [-0.4, -0.2) is 49.3 Å². The highest BCUT2D eigenvalue weighted by atomic mass is 16.5. The first-order valence-electron chi connectivity index (χ1n) is 8.68. The summed E-state index contributed by atoms with van der Waals surface area (Å²) < 4.78 is 12.2. The van der Waals surface area contributed by atoms with Crippen molar-refractivity contribution in [1.29, 1.82) is 5.26 Å². The van der Waals surface area contributed by atoms with Crippen molar-refractivity contribution in [3.05, 3.63) is 28.6 Å². The third kappa shape index (κ3) is 5.69. The highest BCUT2D eigenvalue weighted by Gasteiger charge is 2.22. The molecule has 0 fully saturated rings. The zero-order valence-corrected chi connectivity index (χ0v) is 17.0. The van der Waals surface area contributed by atoms with Gasteiger partial charge in [-0.1, -0.05) is 0 Å². The first kappa shape index (κ1) is 22.9. The Balaban J connectivity index is 3.02. The number of urea groups is 1. The zero-order chi connectivity index (χ0) is 21.4. The Hall–Kier alpha value is -3.12. The van der Waals surface area contributed by atoms with Gasteiger partial charge in [-0.2, -0.15) is 5.26 Å². The number of amides is 3. The largest absolute Gasteiger partial charge is 0.448 e. The molecule has 0 aliphatic heterocycles. The molecule has 0 bridgehead atoms. The fraction of sp³-hybridized carbons (Fsp3) is 0.474. The third-order valence-electron chi connectivity index (χ3n) is 4.13. The smallest absolute Gasteiger partial charge is 0.349 e. The minimum atomic E-state index is -1.24. The summed E-state index contributed by atoms with van der Waals surface area (Å²) >= 11 is 0. The van der Waals surface area contributed by atoms with E-state index >= 15 is 0 Å². The molecular formula is C19H26N4O5. The van der Waals surface area contributed by atoms with Crippen LogP contribution in [0, 0.1) is 25.2 Å². The van der Waals surface area contributed by atoms with E-state index in [1.54, 1.807) is 13.2 Å². The molecular weight excluding hydrogens is 364 g/mol. The molecule has 2 atom stereocenters. The lowest BCUT2D eigenvalue weighted by molar-refractivity contribution is -0.150. The van der Waals surface area contributed by atoms with Crippen LogP contribution < -0.4 is 10.6 Å². The SMILES string of the molecule is CNC(=O)NC(=O)[C@H](C)OC(=O)/C(C#N)=C/c1cc(C)n([C@@H](C)COC)c1C. The maximum absolute atomic E-state index is 12.3. The summed E-state index contributed by atoms with van der Waals surface area (Å²) in [5.41, 5.74) is 2.26. The average molecular weight is 390 g/mol. The molecule has 0 saturated carbocycles. The normalized spacial score (nSPS) is 13.2. The highest BCUT2D eigenvalue weighted by Crippen LogP contribution is 2.23. The minimum absolute atomic E-state index is 0.0815. The number of aromatic nitrogens is 1. The summed E-state index contributed by atoms with van der Waals surface area (Å²) in [6.07, 6.45) is 0.181. The number of methoxy groups -OCH3 is 1. The Bertz CT molecular complexity index is 819. The lowest BCUT2D eigenvalue weighted by Crippen LogP contribution is -2.43. The molecule has 0 aliphatic rings. The molecule has 0 aliphatic carbocycles. The van der Waals surface area contributed by atoms with E-state index < -0.39 is 24.0 Å². The van der Waals surface area contributed by atoms with Crippen molar-refractivity contribution in [2.45, 2.75) is 39.8 Å². The summed E-state index contributed by atoms with van der Waals surface area (Å²) in [5, 5.41) is 13.6. The molecule has 0 saturated heterocycles. The molecule has 1 aromatic heterocycles. The van der Waals surface area contributed by atoms with Crippen LogP contribution in [0.2, 0.25) is 0 Å². The van der Waals surface area contributed by atoms with Gasteiger partial charge in [0.15, 0.2) is 6.10 Å². The first-order chi connectivity index (χ1) is 13.2. The molecule has 0 spiro atoms. The van der Waals surface area contributed by atoms with Crippen LogP contribution in [0.1, 0.15) is 36.8 Å². The average Bonchev–Trinajstić information content (AvgIpc) is 2.92. The number of esters is 1. The topological polar surface area (TPSA) is 122 Å². The molecule has 3 amide bonds. The zero-order valence-electron chi connectivity index (χ0n) is 17.0. The van der Waals surface area contributed by atoms with Crippen molar-refractivity contribution in [2.24, 2.45) is 0 Å². The van der Waals surface area contributed by atoms with E-state index in [0.717, 1.165) is 11.4 Å². The monoisotopic (exact) mass is 390 g/mol. The van der Waals surface area contributed by atoms with Crippen LogP contribution in [-0.2, 0) is 19.1 Å². The molecule has 0 radical (unpaired) electrons. The van der Waals surface area contributed by atoms with E-state index in [0.29, 0.717) is 12.2 Å². The van der Waals surface area contributed by atoms with Gasteiger partial charge in [-0.15, -0.1) is 0 Å². The Labute approximate surface area is 164 Å². The number of nitriles is 1. The van der Waals surface area contributed by atoms with Crippen molar-refractivity contribution in [1.82, 2.24) is 15.2 Å². The van der Waals surface area contributed by atoms with Crippen LogP contribution in [0.3, 0.4) is 0 Å². The number of imide groups is 1. The molecule has 1 aromatic rings. The molecule has 1 heterocycles. The minimum Gasteiger partial charge on any atom is -0.448 e. The number of nitrogens with zero attached hydrogens (tertiary/aromatic N) is 2. The van der Waals surface area contributed by atoms with Crippen LogP contribution >= 0.6 is 0 Å². The molecule has 0 unspecified atom stereocenters. The van der Waals surface area contributed by atoms with E-state index in [9.17, 15) is 19.6 Å². The Morgan fingerprint density at radius 1 is 1.32 bits per heavy atom. The van der Waals surface area contributed by atoms with Gasteiger partial charge in [0.25, 0.3) is 5.91 Å². The van der Waals surface area contributed by atoms with Gasteiger partial charge in [-0.05, 0) is 45.4 Å². The molecule has 9 heteroatoms. The van der Waals surface area contributed by atoms with Gasteiger partial charge >= 0.3 is 12.0 Å². The summed E-state index contributed by atoms with van der Waals surface area (Å²) in [7, 11) is 2.97. The van der Waals surface area contributed by atoms with Gasteiger partial charge in [0.1, 0.15) is 11.6 Å². The number of rotatable bonds is 7. The summed E-state index contributed by atoms with van der Waals surface area (Å²) in [6.45, 7) is 7.63. The maximum atomic E-state index is 12.3. The molecule has 152 valence electrons. The standard InChI is InChI=1S/C19H26N4O5/c1-11-7-15(13(3)23(11)12(2)10-27-6)8-16(9-20)18(25)28-14(4)17(24)22-19(26)21-5/h7-8,12,14H,10H2,1-6H3,(H2,21,22,24,26)/b16-8+/t12-,14-/m0/s1. The van der Waals surface area contributed by atoms with Crippen LogP contribution in [0.4, 0.5) is 4.79 Å². The van der Waals surface area contributed by atoms with Crippen LogP contribution in [0.25, 0.3) is 6.08 Å². The summed E-state index contributed by atoms with van der Waals surface area (Å²) in [6, 6.07) is 3.01. The summed E-state index contributed by atoms with van der Waals surface area (Å²) in [5.74, 6) is -1.74. The Morgan fingerprint density at radius 3 is 2.50 bits per heavy atom. The molecule has 9 nitrogen and oxygen atoms in total. The van der Waals surface area contributed by atoms with Gasteiger partial charge in [0.05, 0.1) is 12.6 Å². The van der Waals surface area contributed by atoms with Gasteiger partial charge in [0.2, 0.25) is 0 Å². The molecule has 28 heavy (non-hydrogen) atoms. The van der Waals surface area contributed by atoms with E-state index in [-0.39, 0.29) is 11.6 Å². The van der Waals surface area contributed by atoms with E-state index in [4.69, 9.17) is 9.47 Å². The second-order valence-electron chi connectivity index (χ2n) is 6.29. The van der Waals surface area contributed by atoms with Crippen molar-refractivity contribution < 1.29 is 23.9 Å². The number of carbonyl (C=O) groups is 3. The molecule has 2 N–H and O–H groups in total. The van der Waals surface area contributed by atoms with Gasteiger partial charge in [0, 0.05) is 25.5 Å². The van der Waals surface area contributed by atoms with Crippen LogP contribution in [0.15, 0.2) is 11.6 Å². The first-order valence-corrected chi connectivity index (χ1v) is 8.68. The number of aryl methyl sites for hydroxylation is 1. The predicted molar refractivity (Wildman–Crippen MR) is 102 cm³/mol.